The van der Waals surface area contributed by atoms with E-state index in [0.717, 1.165) is 0 Å². The number of hydrogen-bond donors (Lipinski definition) is 2. The second-order valence-corrected chi connectivity index (χ2v) is 3.26. The number of urea groups is 1. The van der Waals surface area contributed by atoms with Crippen molar-refractivity contribution in [1.29, 1.82) is 0 Å². The Labute approximate surface area is 88.1 Å². The molecule has 74 valence electrons. The first-order valence-corrected chi connectivity index (χ1v) is 4.42. The number of halogens is 2. The lowest BCUT2D eigenvalue weighted by Crippen LogP contribution is -2.24. The molecule has 0 aliphatic carbocycles. The van der Waals surface area contributed by atoms with E-state index < -0.39 is 6.03 Å². The van der Waals surface area contributed by atoms with Gasteiger partial charge in [-0.15, -0.1) is 0 Å². The molecule has 0 fully saturated rings. The van der Waals surface area contributed by atoms with Crippen LogP contribution in [0.3, 0.4) is 0 Å². The zero-order valence-electron chi connectivity index (χ0n) is 7.00. The van der Waals surface area contributed by atoms with Gasteiger partial charge in [0.05, 0.1) is 10.7 Å². The molecule has 0 heterocycles. The van der Waals surface area contributed by atoms with Gasteiger partial charge < -0.3 is 5.73 Å². The summed E-state index contributed by atoms with van der Waals surface area (Å²) in [5.74, 6) is -0.356. The molecule has 0 spiro atoms. The molecule has 4 nitrogen and oxygen atoms in total. The van der Waals surface area contributed by atoms with Crippen molar-refractivity contribution < 1.29 is 9.18 Å². The lowest BCUT2D eigenvalue weighted by atomic mass is 10.2. The Morgan fingerprint density at radius 2 is 2.36 bits per heavy atom. The van der Waals surface area contributed by atoms with Crippen LogP contribution in [0.2, 0.25) is 0 Å². The van der Waals surface area contributed by atoms with Gasteiger partial charge in [-0.25, -0.2) is 14.6 Å². The van der Waals surface area contributed by atoms with Gasteiger partial charge >= 0.3 is 6.03 Å². The SMILES string of the molecule is NC(=O)NN=Cc1ccc(F)c(Br)c1. The molecule has 0 aliphatic rings. The zero-order valence-corrected chi connectivity index (χ0v) is 8.58. The fourth-order valence-corrected chi connectivity index (χ4v) is 1.16. The monoisotopic (exact) mass is 259 g/mol. The molecule has 0 aliphatic heterocycles. The molecule has 1 aromatic rings. The molecule has 0 radical (unpaired) electrons. The Balaban J connectivity index is 2.73. The van der Waals surface area contributed by atoms with E-state index in [1.807, 2.05) is 5.43 Å². The highest BCUT2D eigenvalue weighted by atomic mass is 79.9. The second kappa shape index (κ2) is 4.71. The van der Waals surface area contributed by atoms with Gasteiger partial charge in [0.1, 0.15) is 5.82 Å². The summed E-state index contributed by atoms with van der Waals surface area (Å²) in [4.78, 5) is 10.2. The summed E-state index contributed by atoms with van der Waals surface area (Å²) in [6.45, 7) is 0. The van der Waals surface area contributed by atoms with Crippen LogP contribution in [0, 0.1) is 5.82 Å². The molecule has 1 aromatic carbocycles. The molecular weight excluding hydrogens is 253 g/mol. The maximum Gasteiger partial charge on any atom is 0.332 e. The molecule has 0 unspecified atom stereocenters. The average Bonchev–Trinajstić information content (AvgIpc) is 2.10. The Hall–Kier alpha value is -1.43. The molecule has 0 aromatic heterocycles. The van der Waals surface area contributed by atoms with Crippen LogP contribution in [0.15, 0.2) is 27.8 Å². The first-order valence-electron chi connectivity index (χ1n) is 3.63. The first kappa shape index (κ1) is 10.6. The Bertz CT molecular complexity index is 381. The summed E-state index contributed by atoms with van der Waals surface area (Å²) in [7, 11) is 0. The van der Waals surface area contributed by atoms with Gasteiger partial charge in [-0.2, -0.15) is 5.10 Å². The number of nitrogens with one attached hydrogen (secondary N) is 1. The minimum Gasteiger partial charge on any atom is -0.350 e. The minimum absolute atomic E-state index is 0.334. The van der Waals surface area contributed by atoms with E-state index in [2.05, 4.69) is 21.0 Å². The van der Waals surface area contributed by atoms with Crippen LogP contribution in [0.1, 0.15) is 5.56 Å². The molecule has 6 heteroatoms. The number of nitrogens with zero attached hydrogens (tertiary/aromatic N) is 1. The number of rotatable bonds is 2. The van der Waals surface area contributed by atoms with E-state index in [0.29, 0.717) is 10.0 Å². The Morgan fingerprint density at radius 3 is 2.93 bits per heavy atom. The van der Waals surface area contributed by atoms with Gasteiger partial charge in [-0.3, -0.25) is 0 Å². The molecule has 1 rings (SSSR count). The third-order valence-corrected chi connectivity index (χ3v) is 1.94. The molecule has 0 bridgehead atoms. The van der Waals surface area contributed by atoms with Gasteiger partial charge in [0.2, 0.25) is 0 Å². The van der Waals surface area contributed by atoms with Gasteiger partial charge in [0.15, 0.2) is 0 Å². The summed E-state index contributed by atoms with van der Waals surface area (Å²) in [5.41, 5.74) is 7.45. The lowest BCUT2D eigenvalue weighted by Gasteiger charge is -1.96. The summed E-state index contributed by atoms with van der Waals surface area (Å²) in [6.07, 6.45) is 1.36. The summed E-state index contributed by atoms with van der Waals surface area (Å²) in [6, 6.07) is 3.59. The standard InChI is InChI=1S/C8H7BrFN3O/c9-6-3-5(1-2-7(6)10)4-12-13-8(11)14/h1-4H,(H3,11,13,14). The third-order valence-electron chi connectivity index (χ3n) is 1.33. The number of primary amides is 1. The van der Waals surface area contributed by atoms with Gasteiger partial charge in [0.25, 0.3) is 0 Å². The molecule has 3 N–H and O–H groups in total. The number of amides is 2. The van der Waals surface area contributed by atoms with Crippen LogP contribution in [-0.2, 0) is 0 Å². The van der Waals surface area contributed by atoms with Crippen LogP contribution in [-0.4, -0.2) is 12.2 Å². The smallest absolute Gasteiger partial charge is 0.332 e. The van der Waals surface area contributed by atoms with E-state index >= 15 is 0 Å². The topological polar surface area (TPSA) is 67.5 Å². The van der Waals surface area contributed by atoms with Crippen molar-refractivity contribution in [2.45, 2.75) is 0 Å². The summed E-state index contributed by atoms with van der Waals surface area (Å²) in [5, 5.41) is 3.52. The van der Waals surface area contributed by atoms with E-state index in [1.54, 1.807) is 0 Å². The lowest BCUT2D eigenvalue weighted by molar-refractivity contribution is 0.249. The van der Waals surface area contributed by atoms with Crippen molar-refractivity contribution in [1.82, 2.24) is 5.43 Å². The number of carbonyl (C=O) groups excluding carboxylic acids is 1. The van der Waals surface area contributed by atoms with Crippen LogP contribution >= 0.6 is 15.9 Å². The predicted molar refractivity (Wildman–Crippen MR) is 54.4 cm³/mol. The molecule has 0 saturated heterocycles. The number of hydrazone groups is 1. The van der Waals surface area contributed by atoms with Crippen molar-refractivity contribution in [3.8, 4) is 0 Å². The molecule has 0 atom stereocenters. The Morgan fingerprint density at radius 1 is 1.64 bits per heavy atom. The van der Waals surface area contributed by atoms with E-state index in [4.69, 9.17) is 5.73 Å². The molecule has 14 heavy (non-hydrogen) atoms. The number of carbonyl (C=O) groups is 1. The maximum absolute atomic E-state index is 12.8. The molecule has 0 saturated carbocycles. The second-order valence-electron chi connectivity index (χ2n) is 2.41. The number of nitrogens with two attached hydrogens (primary N) is 1. The zero-order chi connectivity index (χ0) is 10.6. The van der Waals surface area contributed by atoms with E-state index in [1.165, 1.54) is 24.4 Å². The molecular formula is C8H7BrFN3O. The van der Waals surface area contributed by atoms with E-state index in [9.17, 15) is 9.18 Å². The fourth-order valence-electron chi connectivity index (χ4n) is 0.763. The van der Waals surface area contributed by atoms with Crippen molar-refractivity contribution in [2.24, 2.45) is 10.8 Å². The highest BCUT2D eigenvalue weighted by molar-refractivity contribution is 9.10. The summed E-state index contributed by atoms with van der Waals surface area (Å²) < 4.78 is 13.1. The maximum atomic E-state index is 12.8. The van der Waals surface area contributed by atoms with E-state index in [-0.39, 0.29) is 5.82 Å². The van der Waals surface area contributed by atoms with Gasteiger partial charge in [0, 0.05) is 0 Å². The molecule has 2 amide bonds. The Kier molecular flexibility index (Phi) is 3.58. The largest absolute Gasteiger partial charge is 0.350 e. The van der Waals surface area contributed by atoms with Crippen LogP contribution in [0.5, 0.6) is 0 Å². The van der Waals surface area contributed by atoms with Crippen LogP contribution in [0.25, 0.3) is 0 Å². The number of hydrogen-bond acceptors (Lipinski definition) is 2. The van der Waals surface area contributed by atoms with Crippen molar-refractivity contribution in [3.63, 3.8) is 0 Å². The normalized spacial score (nSPS) is 10.4. The average molecular weight is 260 g/mol. The predicted octanol–water partition coefficient (Wildman–Crippen LogP) is 1.59. The fraction of sp³-hybridized carbons (Fsp3) is 0. The van der Waals surface area contributed by atoms with Gasteiger partial charge in [-0.05, 0) is 33.6 Å². The first-order chi connectivity index (χ1) is 6.59. The summed E-state index contributed by atoms with van der Waals surface area (Å²) >= 11 is 3.02. The quantitative estimate of drug-likeness (QED) is 0.615. The van der Waals surface area contributed by atoms with Gasteiger partial charge in [-0.1, -0.05) is 6.07 Å². The van der Waals surface area contributed by atoms with Crippen LogP contribution in [0.4, 0.5) is 9.18 Å². The van der Waals surface area contributed by atoms with Crippen LogP contribution < -0.4 is 11.2 Å². The minimum atomic E-state index is -0.748. The van der Waals surface area contributed by atoms with Crippen molar-refractivity contribution in [2.75, 3.05) is 0 Å². The third kappa shape index (κ3) is 3.14. The van der Waals surface area contributed by atoms with Crippen molar-refractivity contribution in [3.05, 3.63) is 34.1 Å². The highest BCUT2D eigenvalue weighted by Gasteiger charge is 1.97. The van der Waals surface area contributed by atoms with Crippen molar-refractivity contribution >= 4 is 28.2 Å². The number of benzene rings is 1. The highest BCUT2D eigenvalue weighted by Crippen LogP contribution is 2.15.